The lowest BCUT2D eigenvalue weighted by Crippen LogP contribution is -2.45. The number of nitrogens with one attached hydrogen (secondary N) is 1. The summed E-state index contributed by atoms with van der Waals surface area (Å²) >= 11 is 3.36. The van der Waals surface area contributed by atoms with Gasteiger partial charge in [-0.1, -0.05) is 20.8 Å². The van der Waals surface area contributed by atoms with E-state index in [0.717, 1.165) is 10.0 Å². The predicted molar refractivity (Wildman–Crippen MR) is 72.7 cm³/mol. The van der Waals surface area contributed by atoms with Crippen molar-refractivity contribution in [3.63, 3.8) is 0 Å². The zero-order valence-electron chi connectivity index (χ0n) is 10.5. The molecular formula is C12H18BrN3O. The van der Waals surface area contributed by atoms with Crippen LogP contribution in [0.25, 0.3) is 0 Å². The van der Waals surface area contributed by atoms with Gasteiger partial charge >= 0.3 is 0 Å². The second kappa shape index (κ2) is 5.14. The van der Waals surface area contributed by atoms with E-state index in [2.05, 4.69) is 26.2 Å². The van der Waals surface area contributed by atoms with Crippen molar-refractivity contribution in [3.8, 4) is 0 Å². The lowest BCUT2D eigenvalue weighted by atomic mass is 9.87. The van der Waals surface area contributed by atoms with Gasteiger partial charge in [0.05, 0.1) is 6.04 Å². The normalized spacial score (nSPS) is 13.3. The zero-order chi connectivity index (χ0) is 13.2. The number of carbonyl (C=O) groups excluding carboxylic acids is 1. The van der Waals surface area contributed by atoms with Crippen LogP contribution in [0.1, 0.15) is 26.3 Å². The van der Waals surface area contributed by atoms with E-state index in [1.807, 2.05) is 27.7 Å². The second-order valence-corrected chi connectivity index (χ2v) is 6.01. The Bertz CT molecular complexity index is 426. The summed E-state index contributed by atoms with van der Waals surface area (Å²) in [5, 5.41) is 2.72. The third-order valence-electron chi connectivity index (χ3n) is 2.51. The Kier molecular flexibility index (Phi) is 4.27. The van der Waals surface area contributed by atoms with Crippen LogP contribution in [-0.2, 0) is 4.79 Å². The molecule has 1 heterocycles. The van der Waals surface area contributed by atoms with E-state index in [0.29, 0.717) is 5.82 Å². The number of amides is 1. The Morgan fingerprint density at radius 1 is 1.53 bits per heavy atom. The van der Waals surface area contributed by atoms with Gasteiger partial charge in [-0.3, -0.25) is 4.79 Å². The molecule has 1 atom stereocenters. The molecule has 0 saturated heterocycles. The average Bonchev–Trinajstić information content (AvgIpc) is 2.21. The molecule has 0 bridgehead atoms. The smallest absolute Gasteiger partial charge is 0.242 e. The van der Waals surface area contributed by atoms with Crippen LogP contribution in [0.5, 0.6) is 0 Å². The van der Waals surface area contributed by atoms with E-state index < -0.39 is 6.04 Å². The highest BCUT2D eigenvalue weighted by Gasteiger charge is 2.27. The number of nitrogens with two attached hydrogens (primary N) is 1. The van der Waals surface area contributed by atoms with Crippen molar-refractivity contribution in [3.05, 3.63) is 22.3 Å². The largest absolute Gasteiger partial charge is 0.319 e. The summed E-state index contributed by atoms with van der Waals surface area (Å²) in [6.45, 7) is 7.72. The molecule has 0 aliphatic heterocycles. The molecule has 0 aliphatic rings. The monoisotopic (exact) mass is 299 g/mol. The van der Waals surface area contributed by atoms with Gasteiger partial charge in [0.2, 0.25) is 5.91 Å². The summed E-state index contributed by atoms with van der Waals surface area (Å²) in [5.41, 5.74) is 6.61. The van der Waals surface area contributed by atoms with E-state index in [9.17, 15) is 4.79 Å². The highest BCUT2D eigenvalue weighted by molar-refractivity contribution is 9.10. The van der Waals surface area contributed by atoms with Crippen LogP contribution in [0.15, 0.2) is 16.7 Å². The SMILES string of the molecule is Cc1cc(NC(=O)[C@@H](N)C(C)(C)C)ncc1Br. The van der Waals surface area contributed by atoms with Crippen LogP contribution in [0.4, 0.5) is 5.82 Å². The number of aryl methyl sites for hydroxylation is 1. The van der Waals surface area contributed by atoms with Crippen LogP contribution in [0.3, 0.4) is 0 Å². The van der Waals surface area contributed by atoms with Crippen molar-refractivity contribution in [2.24, 2.45) is 11.1 Å². The minimum absolute atomic E-state index is 0.216. The molecule has 5 heteroatoms. The number of carbonyl (C=O) groups is 1. The number of rotatable bonds is 2. The highest BCUT2D eigenvalue weighted by atomic mass is 79.9. The number of halogens is 1. The Hall–Kier alpha value is -0.940. The Labute approximate surface area is 110 Å². The number of pyridine rings is 1. The van der Waals surface area contributed by atoms with Crippen molar-refractivity contribution in [1.82, 2.24) is 4.98 Å². The Morgan fingerprint density at radius 3 is 2.59 bits per heavy atom. The van der Waals surface area contributed by atoms with Crippen molar-refractivity contribution in [2.45, 2.75) is 33.7 Å². The first kappa shape index (κ1) is 14.1. The average molecular weight is 300 g/mol. The van der Waals surface area contributed by atoms with Gasteiger partial charge < -0.3 is 11.1 Å². The molecule has 0 spiro atoms. The molecule has 0 aliphatic carbocycles. The highest BCUT2D eigenvalue weighted by Crippen LogP contribution is 2.20. The predicted octanol–water partition coefficient (Wildman–Crippen LogP) is 2.46. The van der Waals surface area contributed by atoms with Gasteiger partial charge in [0, 0.05) is 10.7 Å². The summed E-state index contributed by atoms with van der Waals surface area (Å²) < 4.78 is 0.913. The molecule has 4 nitrogen and oxygen atoms in total. The van der Waals surface area contributed by atoms with Gasteiger partial charge in [-0.25, -0.2) is 4.98 Å². The fraction of sp³-hybridized carbons (Fsp3) is 0.500. The van der Waals surface area contributed by atoms with Crippen LogP contribution >= 0.6 is 15.9 Å². The van der Waals surface area contributed by atoms with Crippen LogP contribution in [0, 0.1) is 12.3 Å². The zero-order valence-corrected chi connectivity index (χ0v) is 12.1. The summed E-state index contributed by atoms with van der Waals surface area (Å²) in [5.74, 6) is 0.308. The standard InChI is InChI=1S/C12H18BrN3O/c1-7-5-9(15-6-8(7)13)16-11(17)10(14)12(2,3)4/h5-6,10H,14H2,1-4H3,(H,15,16,17)/t10-/m1/s1. The number of nitrogens with zero attached hydrogens (tertiary/aromatic N) is 1. The molecule has 17 heavy (non-hydrogen) atoms. The van der Waals surface area contributed by atoms with Gasteiger partial charge in [-0.05, 0) is 39.9 Å². The molecule has 3 N–H and O–H groups in total. The van der Waals surface area contributed by atoms with Crippen molar-refractivity contribution in [2.75, 3.05) is 5.32 Å². The molecule has 1 amide bonds. The van der Waals surface area contributed by atoms with E-state index >= 15 is 0 Å². The minimum atomic E-state index is -0.562. The van der Waals surface area contributed by atoms with Gasteiger partial charge in [0.1, 0.15) is 5.82 Å². The maximum absolute atomic E-state index is 11.9. The van der Waals surface area contributed by atoms with Crippen LogP contribution in [-0.4, -0.2) is 16.9 Å². The fourth-order valence-electron chi connectivity index (χ4n) is 1.20. The molecule has 0 fully saturated rings. The number of hydrogen-bond acceptors (Lipinski definition) is 3. The first-order valence-electron chi connectivity index (χ1n) is 5.40. The summed E-state index contributed by atoms with van der Waals surface area (Å²) in [7, 11) is 0. The fourth-order valence-corrected chi connectivity index (χ4v) is 1.42. The van der Waals surface area contributed by atoms with Crippen molar-refractivity contribution in [1.29, 1.82) is 0 Å². The molecule has 0 saturated carbocycles. The van der Waals surface area contributed by atoms with E-state index in [1.54, 1.807) is 12.3 Å². The van der Waals surface area contributed by atoms with Gasteiger partial charge in [-0.15, -0.1) is 0 Å². The Morgan fingerprint density at radius 2 is 2.12 bits per heavy atom. The lowest BCUT2D eigenvalue weighted by Gasteiger charge is -2.25. The summed E-state index contributed by atoms with van der Waals surface area (Å²) in [4.78, 5) is 16.0. The first-order chi connectivity index (χ1) is 7.71. The third-order valence-corrected chi connectivity index (χ3v) is 3.34. The van der Waals surface area contributed by atoms with Crippen molar-refractivity contribution >= 4 is 27.7 Å². The second-order valence-electron chi connectivity index (χ2n) is 5.15. The van der Waals surface area contributed by atoms with Gasteiger partial charge in [0.15, 0.2) is 0 Å². The lowest BCUT2D eigenvalue weighted by molar-refractivity contribution is -0.119. The molecule has 0 radical (unpaired) electrons. The number of aromatic nitrogens is 1. The van der Waals surface area contributed by atoms with Gasteiger partial charge in [0.25, 0.3) is 0 Å². The van der Waals surface area contributed by atoms with Crippen LogP contribution < -0.4 is 11.1 Å². The number of anilines is 1. The molecule has 1 aromatic rings. The Balaban J connectivity index is 2.78. The van der Waals surface area contributed by atoms with E-state index in [-0.39, 0.29) is 11.3 Å². The van der Waals surface area contributed by atoms with Crippen molar-refractivity contribution < 1.29 is 4.79 Å². The topological polar surface area (TPSA) is 68.0 Å². The van der Waals surface area contributed by atoms with Gasteiger partial charge in [-0.2, -0.15) is 0 Å². The molecule has 0 unspecified atom stereocenters. The number of hydrogen-bond donors (Lipinski definition) is 2. The minimum Gasteiger partial charge on any atom is -0.319 e. The van der Waals surface area contributed by atoms with E-state index in [1.165, 1.54) is 0 Å². The quantitative estimate of drug-likeness (QED) is 0.881. The molecule has 94 valence electrons. The summed E-state index contributed by atoms with van der Waals surface area (Å²) in [6, 6.07) is 1.24. The van der Waals surface area contributed by atoms with E-state index in [4.69, 9.17) is 5.73 Å². The maximum Gasteiger partial charge on any atom is 0.242 e. The molecule has 1 rings (SSSR count). The van der Waals surface area contributed by atoms with Crippen LogP contribution in [0.2, 0.25) is 0 Å². The first-order valence-corrected chi connectivity index (χ1v) is 6.19. The molecule has 1 aromatic heterocycles. The maximum atomic E-state index is 11.9. The molecule has 0 aromatic carbocycles. The third kappa shape index (κ3) is 3.78. The summed E-state index contributed by atoms with van der Waals surface area (Å²) in [6.07, 6.45) is 1.66. The molecular weight excluding hydrogens is 282 g/mol.